The number of hydrogen-bond donors (Lipinski definition) is 0. The highest BCUT2D eigenvalue weighted by atomic mass is 32.1. The Labute approximate surface area is 132 Å². The second-order valence-corrected chi connectivity index (χ2v) is 6.31. The number of ether oxygens (including phenoxy) is 1. The van der Waals surface area contributed by atoms with E-state index in [-0.39, 0.29) is 17.9 Å². The molecule has 0 spiro atoms. The second kappa shape index (κ2) is 6.46. The average molecular weight is 319 g/mol. The summed E-state index contributed by atoms with van der Waals surface area (Å²) < 4.78 is 5.43. The molecule has 3 heterocycles. The highest BCUT2D eigenvalue weighted by Crippen LogP contribution is 2.20. The van der Waals surface area contributed by atoms with Crippen molar-refractivity contribution in [3.63, 3.8) is 0 Å². The van der Waals surface area contributed by atoms with Gasteiger partial charge in [-0.2, -0.15) is 5.26 Å². The summed E-state index contributed by atoms with van der Waals surface area (Å²) in [5.74, 6) is -0.0748. The fourth-order valence-corrected chi connectivity index (χ4v) is 3.62. The van der Waals surface area contributed by atoms with Crippen LogP contribution in [0.3, 0.4) is 0 Å². The van der Waals surface area contributed by atoms with Crippen LogP contribution in [0.15, 0.2) is 11.4 Å². The number of hydrogen-bond acceptors (Lipinski definition) is 5. The number of amides is 2. The van der Waals surface area contributed by atoms with Gasteiger partial charge in [0.25, 0.3) is 11.8 Å². The minimum atomic E-state index is -0.301. The number of rotatable bonds is 2. The Morgan fingerprint density at radius 2 is 2.00 bits per heavy atom. The van der Waals surface area contributed by atoms with Crippen molar-refractivity contribution >= 4 is 23.2 Å². The van der Waals surface area contributed by atoms with Crippen molar-refractivity contribution in [3.8, 4) is 6.07 Å². The van der Waals surface area contributed by atoms with Gasteiger partial charge in [-0.25, -0.2) is 0 Å². The van der Waals surface area contributed by atoms with Crippen molar-refractivity contribution in [1.82, 2.24) is 9.80 Å². The predicted octanol–water partition coefficient (Wildman–Crippen LogP) is 1.08. The zero-order valence-electron chi connectivity index (χ0n) is 12.2. The summed E-state index contributed by atoms with van der Waals surface area (Å²) in [5, 5.41) is 10.8. The van der Waals surface area contributed by atoms with Gasteiger partial charge in [-0.1, -0.05) is 0 Å². The molecule has 7 heteroatoms. The van der Waals surface area contributed by atoms with Gasteiger partial charge < -0.3 is 14.5 Å². The van der Waals surface area contributed by atoms with Gasteiger partial charge in [0.05, 0.1) is 5.56 Å². The van der Waals surface area contributed by atoms with Gasteiger partial charge in [0.15, 0.2) is 0 Å². The molecule has 0 radical (unpaired) electrons. The van der Waals surface area contributed by atoms with E-state index >= 15 is 0 Å². The minimum Gasteiger partial charge on any atom is -0.368 e. The summed E-state index contributed by atoms with van der Waals surface area (Å²) >= 11 is 1.29. The van der Waals surface area contributed by atoms with E-state index < -0.39 is 0 Å². The molecule has 2 aliphatic heterocycles. The zero-order chi connectivity index (χ0) is 15.5. The van der Waals surface area contributed by atoms with Crippen molar-refractivity contribution in [1.29, 1.82) is 5.26 Å². The monoisotopic (exact) mass is 319 g/mol. The number of nitrogens with zero attached hydrogens (tertiary/aromatic N) is 3. The van der Waals surface area contributed by atoms with E-state index in [0.29, 0.717) is 43.2 Å². The molecule has 1 aromatic rings. The van der Waals surface area contributed by atoms with Crippen LogP contribution in [0.1, 0.15) is 28.1 Å². The largest absolute Gasteiger partial charge is 0.368 e. The average Bonchev–Trinajstić information content (AvgIpc) is 3.24. The molecule has 6 nitrogen and oxygen atoms in total. The molecule has 116 valence electrons. The summed E-state index contributed by atoms with van der Waals surface area (Å²) in [6.07, 6.45) is 1.42. The number of carbonyl (C=O) groups excluding carboxylic acids is 2. The zero-order valence-corrected chi connectivity index (χ0v) is 13.0. The van der Waals surface area contributed by atoms with Crippen LogP contribution in [-0.4, -0.2) is 60.5 Å². The van der Waals surface area contributed by atoms with Crippen LogP contribution in [-0.2, 0) is 9.53 Å². The van der Waals surface area contributed by atoms with Gasteiger partial charge in [0.1, 0.15) is 17.1 Å². The van der Waals surface area contributed by atoms with E-state index in [1.807, 2.05) is 6.07 Å². The maximum Gasteiger partial charge on any atom is 0.265 e. The topological polar surface area (TPSA) is 73.6 Å². The number of nitriles is 1. The van der Waals surface area contributed by atoms with Crippen LogP contribution >= 0.6 is 11.3 Å². The van der Waals surface area contributed by atoms with Crippen molar-refractivity contribution in [2.75, 3.05) is 32.8 Å². The number of thiophene rings is 1. The summed E-state index contributed by atoms with van der Waals surface area (Å²) in [7, 11) is 0. The smallest absolute Gasteiger partial charge is 0.265 e. The molecule has 1 atom stereocenters. The third-order valence-electron chi connectivity index (χ3n) is 4.06. The van der Waals surface area contributed by atoms with E-state index in [4.69, 9.17) is 10.00 Å². The van der Waals surface area contributed by atoms with E-state index in [1.54, 1.807) is 21.2 Å². The number of piperazine rings is 1. The lowest BCUT2D eigenvalue weighted by molar-refractivity contribution is -0.142. The van der Waals surface area contributed by atoms with Crippen molar-refractivity contribution < 1.29 is 14.3 Å². The quantitative estimate of drug-likeness (QED) is 0.818. The minimum absolute atomic E-state index is 0.0402. The van der Waals surface area contributed by atoms with Crippen molar-refractivity contribution in [3.05, 3.63) is 21.9 Å². The van der Waals surface area contributed by atoms with E-state index in [1.165, 1.54) is 11.3 Å². The Bertz CT molecular complexity index is 608. The van der Waals surface area contributed by atoms with E-state index in [2.05, 4.69) is 0 Å². The lowest BCUT2D eigenvalue weighted by Gasteiger charge is -2.35. The molecule has 0 aromatic carbocycles. The fraction of sp³-hybridized carbons (Fsp3) is 0.533. The van der Waals surface area contributed by atoms with Gasteiger partial charge in [-0.05, 0) is 24.3 Å². The highest BCUT2D eigenvalue weighted by molar-refractivity contribution is 7.12. The maximum absolute atomic E-state index is 12.4. The summed E-state index contributed by atoms with van der Waals surface area (Å²) in [6.45, 7) is 2.71. The third-order valence-corrected chi connectivity index (χ3v) is 4.97. The first-order valence-electron chi connectivity index (χ1n) is 7.38. The van der Waals surface area contributed by atoms with Gasteiger partial charge in [-0.3, -0.25) is 9.59 Å². The lowest BCUT2D eigenvalue weighted by atomic mass is 10.2. The van der Waals surface area contributed by atoms with Crippen molar-refractivity contribution in [2.24, 2.45) is 0 Å². The Kier molecular flexibility index (Phi) is 4.41. The molecule has 0 saturated carbocycles. The molecule has 0 N–H and O–H groups in total. The molecule has 0 aliphatic carbocycles. The Hall–Kier alpha value is -1.91. The Morgan fingerprint density at radius 3 is 2.64 bits per heavy atom. The van der Waals surface area contributed by atoms with Gasteiger partial charge in [0, 0.05) is 32.8 Å². The lowest BCUT2D eigenvalue weighted by Crippen LogP contribution is -2.52. The standard InChI is InChI=1S/C15H17N3O3S/c16-10-11-3-9-22-13(11)15(20)18-6-4-17(5-7-18)14(19)12-2-1-8-21-12/h3,9,12H,1-2,4-8H2. The second-order valence-electron chi connectivity index (χ2n) is 5.39. The molecule has 3 rings (SSSR count). The van der Waals surface area contributed by atoms with Crippen LogP contribution < -0.4 is 0 Å². The van der Waals surface area contributed by atoms with Gasteiger partial charge >= 0.3 is 0 Å². The molecule has 1 aromatic heterocycles. The first kappa shape index (κ1) is 15.0. The van der Waals surface area contributed by atoms with Gasteiger partial charge in [0.2, 0.25) is 0 Å². The summed E-state index contributed by atoms with van der Waals surface area (Å²) in [6, 6.07) is 3.70. The molecule has 2 saturated heterocycles. The SMILES string of the molecule is N#Cc1ccsc1C(=O)N1CCN(C(=O)C2CCCO2)CC1. The molecule has 2 fully saturated rings. The normalized spacial score (nSPS) is 21.7. The first-order chi connectivity index (χ1) is 10.7. The molecule has 1 unspecified atom stereocenters. The summed E-state index contributed by atoms with van der Waals surface area (Å²) in [4.78, 5) is 28.7. The molecule has 0 bridgehead atoms. The molecule has 2 amide bonds. The Balaban J connectivity index is 1.58. The van der Waals surface area contributed by atoms with Crippen molar-refractivity contribution in [2.45, 2.75) is 18.9 Å². The molecule has 22 heavy (non-hydrogen) atoms. The Morgan fingerprint density at radius 1 is 1.27 bits per heavy atom. The molecular formula is C15H17N3O3S. The van der Waals surface area contributed by atoms with E-state index in [0.717, 1.165) is 12.8 Å². The highest BCUT2D eigenvalue weighted by Gasteiger charge is 2.32. The van der Waals surface area contributed by atoms with Crippen LogP contribution in [0, 0.1) is 11.3 Å². The van der Waals surface area contributed by atoms with Crippen LogP contribution in [0.25, 0.3) is 0 Å². The van der Waals surface area contributed by atoms with Crippen LogP contribution in [0.5, 0.6) is 0 Å². The van der Waals surface area contributed by atoms with E-state index in [9.17, 15) is 9.59 Å². The molecule has 2 aliphatic rings. The first-order valence-corrected chi connectivity index (χ1v) is 8.26. The summed E-state index contributed by atoms with van der Waals surface area (Å²) in [5.41, 5.74) is 0.424. The predicted molar refractivity (Wildman–Crippen MR) is 80.5 cm³/mol. The third kappa shape index (κ3) is 2.85. The fourth-order valence-electron chi connectivity index (χ4n) is 2.81. The van der Waals surface area contributed by atoms with Crippen LogP contribution in [0.4, 0.5) is 0 Å². The number of carbonyl (C=O) groups is 2. The molecular weight excluding hydrogens is 302 g/mol. The van der Waals surface area contributed by atoms with Gasteiger partial charge in [-0.15, -0.1) is 11.3 Å². The maximum atomic E-state index is 12.4. The van der Waals surface area contributed by atoms with Crippen LogP contribution in [0.2, 0.25) is 0 Å².